The minimum absolute atomic E-state index is 0.294. The molecule has 0 spiro atoms. The van der Waals surface area contributed by atoms with E-state index >= 15 is 0 Å². The maximum atomic E-state index is 11.3. The molecular weight excluding hydrogens is 206 g/mol. The highest BCUT2D eigenvalue weighted by Gasteiger charge is 2.19. The Morgan fingerprint density at radius 1 is 1.12 bits per heavy atom. The number of carbonyl (C=O) groups is 1. The molecule has 0 atom stereocenters. The zero-order valence-corrected chi connectivity index (χ0v) is 8.76. The Morgan fingerprint density at radius 3 is 1.94 bits per heavy atom. The molecule has 0 aliphatic carbocycles. The van der Waals surface area contributed by atoms with E-state index in [1.807, 2.05) is 12.1 Å². The number of nitrogens with two attached hydrogens (primary N) is 1. The lowest BCUT2D eigenvalue weighted by molar-refractivity contribution is -0.121. The van der Waals surface area contributed by atoms with Crippen LogP contribution in [0.4, 0.5) is 0 Å². The van der Waals surface area contributed by atoms with Crippen molar-refractivity contribution in [2.24, 2.45) is 11.7 Å². The van der Waals surface area contributed by atoms with Gasteiger partial charge in [-0.1, -0.05) is 0 Å². The second-order valence-electron chi connectivity index (χ2n) is 3.67. The zero-order valence-electron chi connectivity index (χ0n) is 8.76. The third kappa shape index (κ3) is 2.53. The Morgan fingerprint density at radius 2 is 1.62 bits per heavy atom. The monoisotopic (exact) mass is 219 g/mol. The predicted molar refractivity (Wildman–Crippen MR) is 57.5 cm³/mol. The maximum absolute atomic E-state index is 11.3. The SMILES string of the molecule is NC(=O)C(Cc1ccco1)Cc1ccco1. The molecular formula is C12H13NO3. The molecule has 0 aromatic carbocycles. The van der Waals surface area contributed by atoms with E-state index < -0.39 is 0 Å². The molecule has 16 heavy (non-hydrogen) atoms. The van der Waals surface area contributed by atoms with Gasteiger partial charge in [-0.05, 0) is 24.3 Å². The van der Waals surface area contributed by atoms with Gasteiger partial charge < -0.3 is 14.6 Å². The fourth-order valence-corrected chi connectivity index (χ4v) is 1.62. The molecule has 0 unspecified atom stereocenters. The molecule has 2 heterocycles. The summed E-state index contributed by atoms with van der Waals surface area (Å²) in [5.41, 5.74) is 5.35. The van der Waals surface area contributed by atoms with Crippen molar-refractivity contribution in [1.82, 2.24) is 0 Å². The van der Waals surface area contributed by atoms with Crippen LogP contribution >= 0.6 is 0 Å². The smallest absolute Gasteiger partial charge is 0.221 e. The first-order valence-electron chi connectivity index (χ1n) is 5.10. The lowest BCUT2D eigenvalue weighted by atomic mass is 9.98. The van der Waals surface area contributed by atoms with Gasteiger partial charge in [-0.25, -0.2) is 0 Å². The molecule has 1 amide bonds. The predicted octanol–water partition coefficient (Wildman–Crippen LogP) is 1.76. The van der Waals surface area contributed by atoms with E-state index in [0.717, 1.165) is 11.5 Å². The van der Waals surface area contributed by atoms with Gasteiger partial charge in [0.05, 0.1) is 18.4 Å². The van der Waals surface area contributed by atoms with Gasteiger partial charge in [0.25, 0.3) is 0 Å². The summed E-state index contributed by atoms with van der Waals surface area (Å²) in [6.07, 6.45) is 4.17. The average molecular weight is 219 g/mol. The number of hydrogen-bond donors (Lipinski definition) is 1. The Bertz CT molecular complexity index is 395. The highest BCUT2D eigenvalue weighted by molar-refractivity contribution is 5.77. The van der Waals surface area contributed by atoms with Gasteiger partial charge in [-0.2, -0.15) is 0 Å². The molecule has 0 bridgehead atoms. The van der Waals surface area contributed by atoms with Crippen LogP contribution < -0.4 is 5.73 Å². The minimum Gasteiger partial charge on any atom is -0.469 e. The number of amides is 1. The van der Waals surface area contributed by atoms with Crippen LogP contribution in [-0.2, 0) is 17.6 Å². The van der Waals surface area contributed by atoms with Crippen molar-refractivity contribution in [2.75, 3.05) is 0 Å². The van der Waals surface area contributed by atoms with Gasteiger partial charge in [-0.3, -0.25) is 4.79 Å². The third-order valence-electron chi connectivity index (χ3n) is 2.46. The highest BCUT2D eigenvalue weighted by atomic mass is 16.3. The average Bonchev–Trinajstić information content (AvgIpc) is 2.88. The summed E-state index contributed by atoms with van der Waals surface area (Å²) in [4.78, 5) is 11.3. The lowest BCUT2D eigenvalue weighted by Gasteiger charge is -2.09. The molecule has 2 aromatic rings. The van der Waals surface area contributed by atoms with Gasteiger partial charge >= 0.3 is 0 Å². The van der Waals surface area contributed by atoms with Crippen LogP contribution in [0.5, 0.6) is 0 Å². The molecule has 0 aliphatic rings. The maximum Gasteiger partial charge on any atom is 0.221 e. The Kier molecular flexibility index (Phi) is 3.10. The van der Waals surface area contributed by atoms with Crippen LogP contribution in [0.2, 0.25) is 0 Å². The number of hydrogen-bond acceptors (Lipinski definition) is 3. The molecule has 2 rings (SSSR count). The molecule has 2 N–H and O–H groups in total. The first kappa shape index (κ1) is 10.5. The fraction of sp³-hybridized carbons (Fsp3) is 0.250. The van der Waals surface area contributed by atoms with Gasteiger partial charge in [0, 0.05) is 12.8 Å². The summed E-state index contributed by atoms with van der Waals surface area (Å²) in [6.45, 7) is 0. The molecule has 0 fully saturated rings. The molecule has 0 saturated carbocycles. The summed E-state index contributed by atoms with van der Waals surface area (Å²) in [6, 6.07) is 7.25. The summed E-state index contributed by atoms with van der Waals surface area (Å²) in [7, 11) is 0. The number of carbonyl (C=O) groups excluding carboxylic acids is 1. The standard InChI is InChI=1S/C12H13NO3/c13-12(14)9(7-10-3-1-5-15-10)8-11-4-2-6-16-11/h1-6,9H,7-8H2,(H2,13,14). The molecule has 84 valence electrons. The third-order valence-corrected chi connectivity index (χ3v) is 2.46. The number of primary amides is 1. The van der Waals surface area contributed by atoms with Gasteiger partial charge in [0.1, 0.15) is 11.5 Å². The van der Waals surface area contributed by atoms with Crippen molar-refractivity contribution in [3.63, 3.8) is 0 Å². The minimum atomic E-state index is -0.340. The summed E-state index contributed by atoms with van der Waals surface area (Å²) in [5.74, 6) is 0.885. The van der Waals surface area contributed by atoms with Crippen LogP contribution in [-0.4, -0.2) is 5.91 Å². The van der Waals surface area contributed by atoms with Crippen molar-refractivity contribution < 1.29 is 13.6 Å². The van der Waals surface area contributed by atoms with Crippen molar-refractivity contribution in [1.29, 1.82) is 0 Å². The van der Waals surface area contributed by atoms with E-state index in [4.69, 9.17) is 14.6 Å². The molecule has 0 aliphatic heterocycles. The fourth-order valence-electron chi connectivity index (χ4n) is 1.62. The summed E-state index contributed by atoms with van der Waals surface area (Å²) < 4.78 is 10.4. The van der Waals surface area contributed by atoms with Crippen LogP contribution in [0, 0.1) is 5.92 Å². The van der Waals surface area contributed by atoms with E-state index in [1.165, 1.54) is 0 Å². The van der Waals surface area contributed by atoms with Crippen LogP contribution in [0.25, 0.3) is 0 Å². The van der Waals surface area contributed by atoms with Crippen LogP contribution in [0.15, 0.2) is 45.6 Å². The summed E-state index contributed by atoms with van der Waals surface area (Å²) >= 11 is 0. The van der Waals surface area contributed by atoms with E-state index in [0.29, 0.717) is 12.8 Å². The quantitative estimate of drug-likeness (QED) is 0.833. The second kappa shape index (κ2) is 4.70. The second-order valence-corrected chi connectivity index (χ2v) is 3.67. The van der Waals surface area contributed by atoms with E-state index in [9.17, 15) is 4.79 Å². The normalized spacial score (nSPS) is 10.8. The van der Waals surface area contributed by atoms with Gasteiger partial charge in [0.2, 0.25) is 5.91 Å². The molecule has 4 heteroatoms. The van der Waals surface area contributed by atoms with E-state index in [2.05, 4.69) is 0 Å². The van der Waals surface area contributed by atoms with Crippen LogP contribution in [0.1, 0.15) is 11.5 Å². The van der Waals surface area contributed by atoms with Crippen molar-refractivity contribution in [3.05, 3.63) is 48.3 Å². The van der Waals surface area contributed by atoms with E-state index in [-0.39, 0.29) is 11.8 Å². The van der Waals surface area contributed by atoms with Gasteiger partial charge in [0.15, 0.2) is 0 Å². The Labute approximate surface area is 93.0 Å². The lowest BCUT2D eigenvalue weighted by Crippen LogP contribution is -2.26. The molecule has 0 saturated heterocycles. The van der Waals surface area contributed by atoms with E-state index in [1.54, 1.807) is 24.7 Å². The Hall–Kier alpha value is -1.97. The van der Waals surface area contributed by atoms with Crippen LogP contribution in [0.3, 0.4) is 0 Å². The first-order chi connectivity index (χ1) is 7.75. The molecule has 4 nitrogen and oxygen atoms in total. The summed E-state index contributed by atoms with van der Waals surface area (Å²) in [5, 5.41) is 0. The van der Waals surface area contributed by atoms with Crippen molar-refractivity contribution in [2.45, 2.75) is 12.8 Å². The highest BCUT2D eigenvalue weighted by Crippen LogP contribution is 2.15. The number of rotatable bonds is 5. The van der Waals surface area contributed by atoms with Crippen molar-refractivity contribution >= 4 is 5.91 Å². The number of furan rings is 2. The van der Waals surface area contributed by atoms with Gasteiger partial charge in [-0.15, -0.1) is 0 Å². The Balaban J connectivity index is 2.03. The van der Waals surface area contributed by atoms with Crippen molar-refractivity contribution in [3.8, 4) is 0 Å². The molecule has 2 aromatic heterocycles. The topological polar surface area (TPSA) is 69.4 Å². The molecule has 0 radical (unpaired) electrons. The first-order valence-corrected chi connectivity index (χ1v) is 5.10. The largest absolute Gasteiger partial charge is 0.469 e. The zero-order chi connectivity index (χ0) is 11.4.